The second kappa shape index (κ2) is 4.05. The van der Waals surface area contributed by atoms with Gasteiger partial charge in [0, 0.05) is 5.39 Å². The van der Waals surface area contributed by atoms with Crippen molar-refractivity contribution in [1.29, 1.82) is 0 Å². The number of rotatable bonds is 2. The van der Waals surface area contributed by atoms with E-state index in [2.05, 4.69) is 9.97 Å². The number of thiophene rings is 1. The number of hydrogen-bond acceptors (Lipinski definition) is 6. The first kappa shape index (κ1) is 10.6. The van der Waals surface area contributed by atoms with E-state index in [0.717, 1.165) is 25.9 Å². The Balaban J connectivity index is 2.11. The van der Waals surface area contributed by atoms with Crippen LogP contribution in [0.2, 0.25) is 0 Å². The SMILES string of the molecule is Cc1occc1Sc1nc(N)nc2sccc12. The summed E-state index contributed by atoms with van der Waals surface area (Å²) in [5.41, 5.74) is 5.70. The van der Waals surface area contributed by atoms with Gasteiger partial charge in [0.05, 0.1) is 11.2 Å². The molecule has 0 bridgehead atoms. The summed E-state index contributed by atoms with van der Waals surface area (Å²) in [5, 5.41) is 3.90. The highest BCUT2D eigenvalue weighted by atomic mass is 32.2. The summed E-state index contributed by atoms with van der Waals surface area (Å²) in [6.45, 7) is 1.93. The lowest BCUT2D eigenvalue weighted by atomic mass is 10.4. The third-order valence-corrected chi connectivity index (χ3v) is 4.28. The fraction of sp³-hybridized carbons (Fsp3) is 0.0909. The van der Waals surface area contributed by atoms with Gasteiger partial charge in [0.25, 0.3) is 0 Å². The number of fused-ring (bicyclic) bond motifs is 1. The molecule has 86 valence electrons. The number of aryl methyl sites for hydroxylation is 1. The third kappa shape index (κ3) is 1.89. The predicted octanol–water partition coefficient (Wildman–Crippen LogP) is 3.33. The van der Waals surface area contributed by atoms with Crippen LogP contribution in [0.3, 0.4) is 0 Å². The number of furan rings is 1. The maximum atomic E-state index is 5.70. The maximum Gasteiger partial charge on any atom is 0.222 e. The second-order valence-corrected chi connectivity index (χ2v) is 5.39. The van der Waals surface area contributed by atoms with Crippen molar-refractivity contribution in [2.75, 3.05) is 5.73 Å². The molecule has 0 aliphatic carbocycles. The molecule has 17 heavy (non-hydrogen) atoms. The second-order valence-electron chi connectivity index (χ2n) is 3.47. The number of nitrogens with two attached hydrogens (primary N) is 1. The van der Waals surface area contributed by atoms with Gasteiger partial charge in [0.1, 0.15) is 15.6 Å². The number of nitrogen functional groups attached to an aromatic ring is 1. The van der Waals surface area contributed by atoms with Gasteiger partial charge in [-0.15, -0.1) is 11.3 Å². The minimum absolute atomic E-state index is 0.309. The molecule has 0 saturated heterocycles. The van der Waals surface area contributed by atoms with Crippen LogP contribution in [0.4, 0.5) is 5.95 Å². The molecule has 0 unspecified atom stereocenters. The van der Waals surface area contributed by atoms with Crippen LogP contribution in [0.5, 0.6) is 0 Å². The Morgan fingerprint density at radius 3 is 3.00 bits per heavy atom. The van der Waals surface area contributed by atoms with Crippen LogP contribution in [0.15, 0.2) is 38.1 Å². The molecule has 3 rings (SSSR count). The highest BCUT2D eigenvalue weighted by Crippen LogP contribution is 2.35. The molecule has 0 radical (unpaired) electrons. The Hall–Kier alpha value is -1.53. The molecular weight excluding hydrogens is 254 g/mol. The van der Waals surface area contributed by atoms with Gasteiger partial charge in [0.2, 0.25) is 5.95 Å². The van der Waals surface area contributed by atoms with E-state index < -0.39 is 0 Å². The Morgan fingerprint density at radius 1 is 1.35 bits per heavy atom. The highest BCUT2D eigenvalue weighted by Gasteiger charge is 2.11. The van der Waals surface area contributed by atoms with Crippen LogP contribution in [0.25, 0.3) is 10.2 Å². The standard InChI is InChI=1S/C11H9N3OS2/c1-6-8(2-4-15-6)17-10-7-3-5-16-9(7)13-11(12)14-10/h2-5H,1H3,(H2,12,13,14). The Bertz CT molecular complexity index is 674. The first-order valence-electron chi connectivity index (χ1n) is 4.97. The molecule has 6 heteroatoms. The fourth-order valence-electron chi connectivity index (χ4n) is 1.51. The summed E-state index contributed by atoms with van der Waals surface area (Å²) in [7, 11) is 0. The van der Waals surface area contributed by atoms with Crippen LogP contribution in [-0.2, 0) is 0 Å². The smallest absolute Gasteiger partial charge is 0.222 e. The number of anilines is 1. The zero-order valence-electron chi connectivity index (χ0n) is 9.01. The van der Waals surface area contributed by atoms with E-state index in [1.165, 1.54) is 0 Å². The maximum absolute atomic E-state index is 5.70. The van der Waals surface area contributed by atoms with Crippen LogP contribution in [-0.4, -0.2) is 9.97 Å². The Morgan fingerprint density at radius 2 is 2.24 bits per heavy atom. The normalized spacial score (nSPS) is 11.1. The van der Waals surface area contributed by atoms with E-state index in [-0.39, 0.29) is 0 Å². The molecule has 0 saturated carbocycles. The molecule has 0 spiro atoms. The van der Waals surface area contributed by atoms with Gasteiger partial charge in [-0.3, -0.25) is 0 Å². The van der Waals surface area contributed by atoms with Crippen molar-refractivity contribution in [2.45, 2.75) is 16.8 Å². The molecule has 0 atom stereocenters. The zero-order chi connectivity index (χ0) is 11.8. The number of aromatic nitrogens is 2. The summed E-state index contributed by atoms with van der Waals surface area (Å²) in [6, 6.07) is 3.94. The molecule has 3 heterocycles. The minimum atomic E-state index is 0.309. The first-order valence-corrected chi connectivity index (χ1v) is 6.66. The van der Waals surface area contributed by atoms with Gasteiger partial charge in [-0.05, 0) is 24.4 Å². The van der Waals surface area contributed by atoms with E-state index in [1.807, 2.05) is 24.4 Å². The van der Waals surface area contributed by atoms with Gasteiger partial charge in [-0.1, -0.05) is 11.8 Å². The zero-order valence-corrected chi connectivity index (χ0v) is 10.6. The minimum Gasteiger partial charge on any atom is -0.468 e. The van der Waals surface area contributed by atoms with Gasteiger partial charge < -0.3 is 10.2 Å². The van der Waals surface area contributed by atoms with Crippen molar-refractivity contribution in [3.63, 3.8) is 0 Å². The van der Waals surface area contributed by atoms with Crippen LogP contribution in [0.1, 0.15) is 5.76 Å². The topological polar surface area (TPSA) is 64.9 Å². The van der Waals surface area contributed by atoms with Gasteiger partial charge >= 0.3 is 0 Å². The summed E-state index contributed by atoms with van der Waals surface area (Å²) < 4.78 is 5.27. The molecule has 0 amide bonds. The van der Waals surface area contributed by atoms with Crippen LogP contribution in [0, 0.1) is 6.92 Å². The van der Waals surface area contributed by atoms with Gasteiger partial charge in [-0.2, -0.15) is 0 Å². The van der Waals surface area contributed by atoms with Crippen LogP contribution >= 0.6 is 23.1 Å². The van der Waals surface area contributed by atoms with E-state index >= 15 is 0 Å². The van der Waals surface area contributed by atoms with Gasteiger partial charge in [-0.25, -0.2) is 9.97 Å². The van der Waals surface area contributed by atoms with Crippen molar-refractivity contribution >= 4 is 39.3 Å². The molecule has 0 fully saturated rings. The monoisotopic (exact) mass is 263 g/mol. The molecule has 0 aromatic carbocycles. The number of nitrogens with zero attached hydrogens (tertiary/aromatic N) is 2. The molecule has 3 aromatic heterocycles. The molecular formula is C11H9N3OS2. The van der Waals surface area contributed by atoms with Crippen molar-refractivity contribution in [3.8, 4) is 0 Å². The fourth-order valence-corrected chi connectivity index (χ4v) is 3.28. The molecule has 0 aliphatic rings. The average Bonchev–Trinajstić information content (AvgIpc) is 2.88. The van der Waals surface area contributed by atoms with Crippen molar-refractivity contribution in [1.82, 2.24) is 9.97 Å². The lowest BCUT2D eigenvalue weighted by Gasteiger charge is -2.02. The first-order chi connectivity index (χ1) is 8.24. The van der Waals surface area contributed by atoms with E-state index in [4.69, 9.17) is 10.2 Å². The average molecular weight is 263 g/mol. The highest BCUT2D eigenvalue weighted by molar-refractivity contribution is 7.99. The molecule has 4 nitrogen and oxygen atoms in total. The largest absolute Gasteiger partial charge is 0.468 e. The molecule has 2 N–H and O–H groups in total. The Labute approximate surface area is 106 Å². The van der Waals surface area contributed by atoms with E-state index in [0.29, 0.717) is 5.95 Å². The summed E-state index contributed by atoms with van der Waals surface area (Å²) in [4.78, 5) is 10.4. The van der Waals surface area contributed by atoms with Crippen molar-refractivity contribution < 1.29 is 4.42 Å². The Kier molecular flexibility index (Phi) is 2.53. The van der Waals surface area contributed by atoms with Crippen LogP contribution < -0.4 is 5.73 Å². The quantitative estimate of drug-likeness (QED) is 0.718. The third-order valence-electron chi connectivity index (χ3n) is 2.33. The van der Waals surface area contributed by atoms with E-state index in [1.54, 1.807) is 29.4 Å². The van der Waals surface area contributed by atoms with Gasteiger partial charge in [0.15, 0.2) is 0 Å². The molecule has 0 aliphatic heterocycles. The van der Waals surface area contributed by atoms with Crippen molar-refractivity contribution in [2.24, 2.45) is 0 Å². The van der Waals surface area contributed by atoms with E-state index in [9.17, 15) is 0 Å². The lowest BCUT2D eigenvalue weighted by Crippen LogP contribution is -1.95. The number of hydrogen-bond donors (Lipinski definition) is 1. The van der Waals surface area contributed by atoms with Crippen molar-refractivity contribution in [3.05, 3.63) is 29.5 Å². The lowest BCUT2D eigenvalue weighted by molar-refractivity contribution is 0.527. The molecule has 3 aromatic rings. The summed E-state index contributed by atoms with van der Waals surface area (Å²) >= 11 is 3.12. The summed E-state index contributed by atoms with van der Waals surface area (Å²) in [6.07, 6.45) is 1.67. The summed E-state index contributed by atoms with van der Waals surface area (Å²) in [5.74, 6) is 1.19. The predicted molar refractivity (Wildman–Crippen MR) is 69.4 cm³/mol.